The van der Waals surface area contributed by atoms with Crippen LogP contribution < -0.4 is 14.8 Å². The number of benzene rings is 1. The highest BCUT2D eigenvalue weighted by molar-refractivity contribution is 9.10. The number of nitrogens with zero attached hydrogens (tertiary/aromatic N) is 2. The molecule has 0 radical (unpaired) electrons. The quantitative estimate of drug-likeness (QED) is 0.663. The van der Waals surface area contributed by atoms with Crippen molar-refractivity contribution >= 4 is 33.2 Å². The third-order valence-electron chi connectivity index (χ3n) is 3.55. The summed E-state index contributed by atoms with van der Waals surface area (Å²) in [5, 5.41) is 14.0. The third kappa shape index (κ3) is 4.33. The number of aliphatic hydroxyl groups excluding tert-OH is 1. The number of anilines is 1. The van der Waals surface area contributed by atoms with Crippen molar-refractivity contribution in [3.05, 3.63) is 39.6 Å². The normalized spacial score (nSPS) is 13.2. The molecule has 25 heavy (non-hydrogen) atoms. The van der Waals surface area contributed by atoms with Gasteiger partial charge in [0.1, 0.15) is 5.54 Å². The molecule has 0 saturated heterocycles. The van der Waals surface area contributed by atoms with Gasteiger partial charge in [-0.25, -0.2) is 9.97 Å². The van der Waals surface area contributed by atoms with Crippen molar-refractivity contribution in [2.24, 2.45) is 0 Å². The average molecular weight is 433 g/mol. The van der Waals surface area contributed by atoms with Crippen molar-refractivity contribution in [2.75, 3.05) is 39.9 Å². The Kier molecular flexibility index (Phi) is 6.83. The highest BCUT2D eigenvalue weighted by Gasteiger charge is 2.35. The number of aromatic nitrogens is 2. The van der Waals surface area contributed by atoms with Crippen LogP contribution in [-0.4, -0.2) is 49.6 Å². The van der Waals surface area contributed by atoms with E-state index in [0.717, 1.165) is 4.47 Å². The van der Waals surface area contributed by atoms with Gasteiger partial charge in [-0.15, -0.1) is 0 Å². The SMILES string of the molecule is COCC(CO)(Nc1ccc(Cl)cc1Br)c1cnc(OC)c(OC)n1. The molecule has 0 spiro atoms. The summed E-state index contributed by atoms with van der Waals surface area (Å²) in [5.74, 6) is 0.467. The summed E-state index contributed by atoms with van der Waals surface area (Å²) in [6, 6.07) is 5.28. The summed E-state index contributed by atoms with van der Waals surface area (Å²) in [4.78, 5) is 8.61. The van der Waals surface area contributed by atoms with Gasteiger partial charge in [-0.05, 0) is 34.1 Å². The second-order valence-corrected chi connectivity index (χ2v) is 6.49. The number of rotatable bonds is 8. The van der Waals surface area contributed by atoms with Crippen molar-refractivity contribution in [2.45, 2.75) is 5.54 Å². The summed E-state index contributed by atoms with van der Waals surface area (Å²) in [5.41, 5.74) is 0.112. The largest absolute Gasteiger partial charge is 0.477 e. The first-order chi connectivity index (χ1) is 12.0. The third-order valence-corrected chi connectivity index (χ3v) is 4.44. The molecule has 9 heteroatoms. The minimum atomic E-state index is -1.04. The van der Waals surface area contributed by atoms with E-state index >= 15 is 0 Å². The van der Waals surface area contributed by atoms with Crippen molar-refractivity contribution in [3.63, 3.8) is 0 Å². The van der Waals surface area contributed by atoms with Crippen LogP contribution in [0.5, 0.6) is 11.8 Å². The van der Waals surface area contributed by atoms with Gasteiger partial charge in [0, 0.05) is 22.3 Å². The van der Waals surface area contributed by atoms with E-state index in [1.54, 1.807) is 18.2 Å². The van der Waals surface area contributed by atoms with Gasteiger partial charge >= 0.3 is 0 Å². The Bertz CT molecular complexity index is 735. The topological polar surface area (TPSA) is 85.7 Å². The second-order valence-electron chi connectivity index (χ2n) is 5.20. The fourth-order valence-corrected chi connectivity index (χ4v) is 3.08. The maximum absolute atomic E-state index is 10.1. The van der Waals surface area contributed by atoms with E-state index in [4.69, 9.17) is 25.8 Å². The minimum Gasteiger partial charge on any atom is -0.477 e. The van der Waals surface area contributed by atoms with Gasteiger partial charge in [-0.1, -0.05) is 11.6 Å². The molecule has 1 atom stereocenters. The Morgan fingerprint density at radius 3 is 2.52 bits per heavy atom. The fraction of sp³-hybridized carbons (Fsp3) is 0.375. The van der Waals surface area contributed by atoms with Crippen LogP contribution in [0.15, 0.2) is 28.9 Å². The van der Waals surface area contributed by atoms with E-state index in [1.165, 1.54) is 27.5 Å². The fourth-order valence-electron chi connectivity index (χ4n) is 2.30. The van der Waals surface area contributed by atoms with Gasteiger partial charge < -0.3 is 24.6 Å². The molecule has 136 valence electrons. The summed E-state index contributed by atoms with van der Waals surface area (Å²) < 4.78 is 16.4. The van der Waals surface area contributed by atoms with Crippen LogP contribution >= 0.6 is 27.5 Å². The Labute approximate surface area is 159 Å². The predicted octanol–water partition coefficient (Wildman–Crippen LogP) is 2.86. The molecule has 2 N–H and O–H groups in total. The Morgan fingerprint density at radius 1 is 1.24 bits per heavy atom. The van der Waals surface area contributed by atoms with Crippen molar-refractivity contribution in [1.29, 1.82) is 0 Å². The minimum absolute atomic E-state index is 0.142. The molecule has 0 saturated carbocycles. The zero-order valence-electron chi connectivity index (χ0n) is 14.0. The molecule has 0 aliphatic carbocycles. The lowest BCUT2D eigenvalue weighted by Gasteiger charge is -2.33. The highest BCUT2D eigenvalue weighted by atomic mass is 79.9. The molecule has 2 rings (SSSR count). The van der Waals surface area contributed by atoms with Gasteiger partial charge in [0.25, 0.3) is 11.8 Å². The zero-order chi connectivity index (χ0) is 18.4. The number of hydrogen-bond acceptors (Lipinski definition) is 7. The summed E-state index contributed by atoms with van der Waals surface area (Å²) in [6.45, 7) is -0.150. The van der Waals surface area contributed by atoms with Crippen molar-refractivity contribution in [1.82, 2.24) is 9.97 Å². The molecule has 0 aliphatic rings. The Morgan fingerprint density at radius 2 is 1.96 bits per heavy atom. The van der Waals surface area contributed by atoms with Gasteiger partial charge in [-0.2, -0.15) is 0 Å². The van der Waals surface area contributed by atoms with E-state index in [0.29, 0.717) is 16.4 Å². The van der Waals surface area contributed by atoms with Gasteiger partial charge in [0.2, 0.25) is 0 Å². The van der Waals surface area contributed by atoms with Gasteiger partial charge in [0.05, 0.1) is 39.3 Å². The molecular formula is C16H19BrClN3O4. The van der Waals surface area contributed by atoms with Crippen molar-refractivity contribution in [3.8, 4) is 11.8 Å². The maximum Gasteiger partial charge on any atom is 0.278 e. The van der Waals surface area contributed by atoms with E-state index in [9.17, 15) is 5.11 Å². The smallest absolute Gasteiger partial charge is 0.278 e. The number of aliphatic hydroxyl groups is 1. The molecule has 0 fully saturated rings. The Hall–Kier alpha value is -1.61. The standard InChI is InChI=1S/C16H19BrClN3O4/c1-23-9-16(8-22,21-12-5-4-10(18)6-11(12)17)13-7-19-14(24-2)15(20-13)25-3/h4-7,21-22H,8-9H2,1-3H3. The first-order valence-corrected chi connectivity index (χ1v) is 8.45. The molecule has 2 aromatic rings. The van der Waals surface area contributed by atoms with Crippen LogP contribution in [0.2, 0.25) is 5.02 Å². The van der Waals surface area contributed by atoms with Crippen LogP contribution in [-0.2, 0) is 10.3 Å². The molecule has 1 aromatic heterocycles. The maximum atomic E-state index is 10.1. The zero-order valence-corrected chi connectivity index (χ0v) is 16.4. The van der Waals surface area contributed by atoms with Crippen molar-refractivity contribution < 1.29 is 19.3 Å². The number of halogens is 2. The number of methoxy groups -OCH3 is 3. The number of nitrogens with one attached hydrogen (secondary N) is 1. The highest BCUT2D eigenvalue weighted by Crippen LogP contribution is 2.33. The molecule has 0 bridgehead atoms. The number of hydrogen-bond donors (Lipinski definition) is 2. The first-order valence-electron chi connectivity index (χ1n) is 7.28. The van der Waals surface area contributed by atoms with E-state index in [2.05, 4.69) is 31.2 Å². The lowest BCUT2D eigenvalue weighted by Crippen LogP contribution is -2.44. The van der Waals surface area contributed by atoms with Crippen LogP contribution in [0, 0.1) is 0 Å². The molecular weight excluding hydrogens is 414 g/mol. The van der Waals surface area contributed by atoms with Crippen LogP contribution in [0.4, 0.5) is 5.69 Å². The molecule has 1 heterocycles. The van der Waals surface area contributed by atoms with Crippen LogP contribution in [0.3, 0.4) is 0 Å². The lowest BCUT2D eigenvalue weighted by atomic mass is 9.96. The summed E-state index contributed by atoms with van der Waals surface area (Å²) >= 11 is 9.44. The molecule has 7 nitrogen and oxygen atoms in total. The van der Waals surface area contributed by atoms with E-state index in [1.807, 2.05) is 0 Å². The molecule has 1 unspecified atom stereocenters. The van der Waals surface area contributed by atoms with E-state index < -0.39 is 5.54 Å². The summed E-state index contributed by atoms with van der Waals surface area (Å²) in [7, 11) is 4.48. The van der Waals surface area contributed by atoms with Crippen LogP contribution in [0.1, 0.15) is 5.69 Å². The Balaban J connectivity index is 2.50. The first kappa shape index (κ1) is 19.7. The van der Waals surface area contributed by atoms with Crippen LogP contribution in [0.25, 0.3) is 0 Å². The summed E-state index contributed by atoms with van der Waals surface area (Å²) in [6.07, 6.45) is 1.51. The monoisotopic (exact) mass is 431 g/mol. The predicted molar refractivity (Wildman–Crippen MR) is 98.6 cm³/mol. The lowest BCUT2D eigenvalue weighted by molar-refractivity contribution is 0.0946. The van der Waals surface area contributed by atoms with E-state index in [-0.39, 0.29) is 25.0 Å². The second kappa shape index (κ2) is 8.66. The van der Waals surface area contributed by atoms with Gasteiger partial charge in [0.15, 0.2) is 0 Å². The van der Waals surface area contributed by atoms with Gasteiger partial charge in [-0.3, -0.25) is 0 Å². The number of ether oxygens (including phenoxy) is 3. The molecule has 1 aromatic carbocycles. The average Bonchev–Trinajstić information content (AvgIpc) is 2.62. The molecule has 0 aliphatic heterocycles. The molecule has 0 amide bonds.